The Labute approximate surface area is 84.3 Å². The van der Waals surface area contributed by atoms with Crippen LogP contribution in [0.2, 0.25) is 0 Å². The molecule has 1 aromatic heterocycles. The minimum Gasteiger partial charge on any atom is -0.478 e. The van der Waals surface area contributed by atoms with Crippen LogP contribution in [-0.4, -0.2) is 11.6 Å². The fraction of sp³-hybridized carbons (Fsp3) is 0.545. The summed E-state index contributed by atoms with van der Waals surface area (Å²) in [5.41, 5.74) is 6.37. The smallest absolute Gasteiger partial charge is 0.213 e. The molecule has 1 heterocycles. The normalized spacial score (nSPS) is 15.5. The summed E-state index contributed by atoms with van der Waals surface area (Å²) in [4.78, 5) is 4.26. The monoisotopic (exact) mass is 192 g/mol. The van der Waals surface area contributed by atoms with Crippen LogP contribution in [0.25, 0.3) is 0 Å². The van der Waals surface area contributed by atoms with E-state index in [-0.39, 0.29) is 0 Å². The SMILES string of the molecule is NCc1cccc(OCCC2CC2)n1. The Morgan fingerprint density at radius 2 is 2.29 bits per heavy atom. The Balaban J connectivity index is 1.81. The van der Waals surface area contributed by atoms with Crippen LogP contribution in [0.4, 0.5) is 0 Å². The van der Waals surface area contributed by atoms with Crippen molar-refractivity contribution in [3.63, 3.8) is 0 Å². The van der Waals surface area contributed by atoms with Crippen molar-refractivity contribution in [2.75, 3.05) is 6.61 Å². The minimum atomic E-state index is 0.472. The lowest BCUT2D eigenvalue weighted by molar-refractivity contribution is 0.290. The fourth-order valence-electron chi connectivity index (χ4n) is 1.39. The number of pyridine rings is 1. The van der Waals surface area contributed by atoms with Gasteiger partial charge in [-0.1, -0.05) is 18.9 Å². The molecule has 1 fully saturated rings. The number of ether oxygens (including phenoxy) is 1. The van der Waals surface area contributed by atoms with Gasteiger partial charge in [0.25, 0.3) is 0 Å². The zero-order valence-electron chi connectivity index (χ0n) is 8.28. The number of hydrogen-bond donors (Lipinski definition) is 1. The number of nitrogens with two attached hydrogens (primary N) is 1. The highest BCUT2D eigenvalue weighted by Gasteiger charge is 2.20. The van der Waals surface area contributed by atoms with Gasteiger partial charge >= 0.3 is 0 Å². The molecular weight excluding hydrogens is 176 g/mol. The molecule has 0 atom stereocenters. The third-order valence-corrected chi connectivity index (χ3v) is 2.46. The van der Waals surface area contributed by atoms with Gasteiger partial charge in [0, 0.05) is 12.6 Å². The topological polar surface area (TPSA) is 48.1 Å². The second kappa shape index (κ2) is 4.42. The standard InChI is InChI=1S/C11H16N2O/c12-8-10-2-1-3-11(13-10)14-7-6-9-4-5-9/h1-3,9H,4-8,12H2. The molecule has 0 unspecified atom stereocenters. The maximum absolute atomic E-state index is 5.53. The summed E-state index contributed by atoms with van der Waals surface area (Å²) >= 11 is 0. The van der Waals surface area contributed by atoms with E-state index in [4.69, 9.17) is 10.5 Å². The summed E-state index contributed by atoms with van der Waals surface area (Å²) in [6.07, 6.45) is 3.91. The minimum absolute atomic E-state index is 0.472. The molecule has 2 rings (SSSR count). The van der Waals surface area contributed by atoms with Crippen molar-refractivity contribution in [3.8, 4) is 5.88 Å². The number of nitrogens with zero attached hydrogens (tertiary/aromatic N) is 1. The number of hydrogen-bond acceptors (Lipinski definition) is 3. The Kier molecular flexibility index (Phi) is 2.99. The van der Waals surface area contributed by atoms with Gasteiger partial charge in [0.2, 0.25) is 5.88 Å². The average molecular weight is 192 g/mol. The predicted octanol–water partition coefficient (Wildman–Crippen LogP) is 1.72. The molecule has 0 aliphatic heterocycles. The first kappa shape index (κ1) is 9.46. The van der Waals surface area contributed by atoms with E-state index in [2.05, 4.69) is 4.98 Å². The molecule has 3 nitrogen and oxygen atoms in total. The van der Waals surface area contributed by atoms with Crippen LogP contribution in [0.5, 0.6) is 5.88 Å². The Bertz CT molecular complexity index is 297. The summed E-state index contributed by atoms with van der Waals surface area (Å²) in [6.45, 7) is 1.26. The molecule has 2 N–H and O–H groups in total. The lowest BCUT2D eigenvalue weighted by atomic mass is 10.3. The summed E-state index contributed by atoms with van der Waals surface area (Å²) in [6, 6.07) is 5.72. The van der Waals surface area contributed by atoms with Crippen LogP contribution in [-0.2, 0) is 6.54 Å². The van der Waals surface area contributed by atoms with Crippen molar-refractivity contribution >= 4 is 0 Å². The largest absolute Gasteiger partial charge is 0.478 e. The molecule has 0 saturated heterocycles. The molecule has 14 heavy (non-hydrogen) atoms. The molecule has 1 saturated carbocycles. The summed E-state index contributed by atoms with van der Waals surface area (Å²) < 4.78 is 5.53. The molecule has 0 spiro atoms. The molecule has 3 heteroatoms. The first-order chi connectivity index (χ1) is 6.88. The molecule has 0 amide bonds. The highest BCUT2D eigenvalue weighted by Crippen LogP contribution is 2.32. The fourth-order valence-corrected chi connectivity index (χ4v) is 1.39. The first-order valence-corrected chi connectivity index (χ1v) is 5.17. The summed E-state index contributed by atoms with van der Waals surface area (Å²) in [5, 5.41) is 0. The maximum Gasteiger partial charge on any atom is 0.213 e. The Morgan fingerprint density at radius 1 is 1.43 bits per heavy atom. The first-order valence-electron chi connectivity index (χ1n) is 5.17. The molecule has 1 aromatic rings. The van der Waals surface area contributed by atoms with Crippen molar-refractivity contribution in [2.24, 2.45) is 11.7 Å². The van der Waals surface area contributed by atoms with Crippen molar-refractivity contribution < 1.29 is 4.74 Å². The second-order valence-electron chi connectivity index (χ2n) is 3.75. The van der Waals surface area contributed by atoms with Crippen molar-refractivity contribution in [1.82, 2.24) is 4.98 Å². The third-order valence-electron chi connectivity index (χ3n) is 2.46. The number of rotatable bonds is 5. The summed E-state index contributed by atoms with van der Waals surface area (Å²) in [5.74, 6) is 1.61. The van der Waals surface area contributed by atoms with E-state index in [0.29, 0.717) is 12.4 Å². The van der Waals surface area contributed by atoms with Gasteiger partial charge in [0.05, 0.1) is 12.3 Å². The molecular formula is C11H16N2O. The van der Waals surface area contributed by atoms with Crippen LogP contribution >= 0.6 is 0 Å². The maximum atomic E-state index is 5.53. The van der Waals surface area contributed by atoms with Gasteiger partial charge in [-0.2, -0.15) is 0 Å². The van der Waals surface area contributed by atoms with E-state index in [9.17, 15) is 0 Å². The van der Waals surface area contributed by atoms with Crippen LogP contribution < -0.4 is 10.5 Å². The van der Waals surface area contributed by atoms with Crippen LogP contribution in [0, 0.1) is 5.92 Å². The van der Waals surface area contributed by atoms with Crippen molar-refractivity contribution in [3.05, 3.63) is 23.9 Å². The zero-order valence-corrected chi connectivity index (χ0v) is 8.28. The van der Waals surface area contributed by atoms with Gasteiger partial charge in [-0.05, 0) is 18.4 Å². The second-order valence-corrected chi connectivity index (χ2v) is 3.75. The quantitative estimate of drug-likeness (QED) is 0.772. The highest BCUT2D eigenvalue weighted by molar-refractivity contribution is 5.15. The molecule has 1 aliphatic carbocycles. The van der Waals surface area contributed by atoms with E-state index >= 15 is 0 Å². The van der Waals surface area contributed by atoms with E-state index in [0.717, 1.165) is 24.6 Å². The average Bonchev–Trinajstić information content (AvgIpc) is 3.02. The van der Waals surface area contributed by atoms with Crippen molar-refractivity contribution in [2.45, 2.75) is 25.8 Å². The van der Waals surface area contributed by atoms with Gasteiger partial charge in [-0.3, -0.25) is 0 Å². The van der Waals surface area contributed by atoms with E-state index in [1.807, 2.05) is 18.2 Å². The Hall–Kier alpha value is -1.09. The van der Waals surface area contributed by atoms with Gasteiger partial charge in [-0.25, -0.2) is 4.98 Å². The van der Waals surface area contributed by atoms with E-state index < -0.39 is 0 Å². The van der Waals surface area contributed by atoms with Crippen molar-refractivity contribution in [1.29, 1.82) is 0 Å². The van der Waals surface area contributed by atoms with E-state index in [1.54, 1.807) is 0 Å². The van der Waals surface area contributed by atoms with E-state index in [1.165, 1.54) is 12.8 Å². The Morgan fingerprint density at radius 3 is 3.00 bits per heavy atom. The molecule has 1 aliphatic rings. The summed E-state index contributed by atoms with van der Waals surface area (Å²) in [7, 11) is 0. The van der Waals surface area contributed by atoms with Gasteiger partial charge in [-0.15, -0.1) is 0 Å². The third kappa shape index (κ3) is 2.70. The molecule has 0 radical (unpaired) electrons. The van der Waals surface area contributed by atoms with Crippen LogP contribution in [0.1, 0.15) is 25.0 Å². The lowest BCUT2D eigenvalue weighted by Crippen LogP contribution is -2.03. The van der Waals surface area contributed by atoms with Crippen LogP contribution in [0.3, 0.4) is 0 Å². The van der Waals surface area contributed by atoms with Gasteiger partial charge < -0.3 is 10.5 Å². The molecule has 0 aromatic carbocycles. The molecule has 76 valence electrons. The van der Waals surface area contributed by atoms with Gasteiger partial charge in [0.15, 0.2) is 0 Å². The number of aromatic nitrogens is 1. The zero-order chi connectivity index (χ0) is 9.80. The molecule has 0 bridgehead atoms. The predicted molar refractivity (Wildman–Crippen MR) is 55.0 cm³/mol. The van der Waals surface area contributed by atoms with Crippen LogP contribution in [0.15, 0.2) is 18.2 Å². The van der Waals surface area contributed by atoms with Gasteiger partial charge in [0.1, 0.15) is 0 Å². The highest BCUT2D eigenvalue weighted by atomic mass is 16.5. The lowest BCUT2D eigenvalue weighted by Gasteiger charge is -2.05.